The summed E-state index contributed by atoms with van der Waals surface area (Å²) < 4.78 is 10.7. The minimum absolute atomic E-state index is 0.0455. The van der Waals surface area contributed by atoms with Gasteiger partial charge in [0.15, 0.2) is 17.3 Å². The van der Waals surface area contributed by atoms with Crippen LogP contribution in [0.5, 0.6) is 11.5 Å². The Hall–Kier alpha value is -1.84. The van der Waals surface area contributed by atoms with Crippen LogP contribution < -0.4 is 9.47 Å². The Balaban J connectivity index is 2.16. The molecule has 1 heterocycles. The monoisotopic (exact) mass is 234 g/mol. The second-order valence-electron chi connectivity index (χ2n) is 3.85. The fraction of sp³-hybridized carbons (Fsp3) is 0.385. The number of carbonyl (C=O) groups is 2. The molecule has 0 N–H and O–H groups in total. The molecule has 1 aromatic rings. The van der Waals surface area contributed by atoms with Crippen LogP contribution in [0, 0.1) is 0 Å². The lowest BCUT2D eigenvalue weighted by molar-refractivity contribution is -0.117. The number of Topliss-reactive ketones (excluding diaryl/α,β-unsaturated/α-hetero) is 2. The molecule has 0 amide bonds. The van der Waals surface area contributed by atoms with E-state index in [1.165, 1.54) is 0 Å². The van der Waals surface area contributed by atoms with Gasteiger partial charge < -0.3 is 9.47 Å². The van der Waals surface area contributed by atoms with Gasteiger partial charge in [0.2, 0.25) is 0 Å². The molecule has 1 aromatic carbocycles. The molecule has 1 aliphatic heterocycles. The highest BCUT2D eigenvalue weighted by atomic mass is 16.6. The van der Waals surface area contributed by atoms with Crippen molar-refractivity contribution in [3.05, 3.63) is 23.8 Å². The lowest BCUT2D eigenvalue weighted by atomic mass is 10.0. The summed E-state index contributed by atoms with van der Waals surface area (Å²) in [4.78, 5) is 23.0. The number of ether oxygens (including phenoxy) is 2. The summed E-state index contributed by atoms with van der Waals surface area (Å²) >= 11 is 0. The van der Waals surface area contributed by atoms with Gasteiger partial charge in [-0.2, -0.15) is 0 Å². The molecular weight excluding hydrogens is 220 g/mol. The predicted octanol–water partition coefficient (Wildman–Crippen LogP) is 2.01. The van der Waals surface area contributed by atoms with E-state index in [9.17, 15) is 9.59 Å². The highest BCUT2D eigenvalue weighted by molar-refractivity contribution is 6.08. The van der Waals surface area contributed by atoms with Crippen LogP contribution in [0.1, 0.15) is 30.1 Å². The highest BCUT2D eigenvalue weighted by Gasteiger charge is 2.16. The lowest BCUT2D eigenvalue weighted by Crippen LogP contribution is -2.16. The highest BCUT2D eigenvalue weighted by Crippen LogP contribution is 2.31. The summed E-state index contributed by atoms with van der Waals surface area (Å²) in [5.74, 6) is 0.999. The van der Waals surface area contributed by atoms with Crippen LogP contribution in [0.4, 0.5) is 0 Å². The van der Waals surface area contributed by atoms with Crippen molar-refractivity contribution in [1.82, 2.24) is 0 Å². The molecule has 0 saturated carbocycles. The molecule has 1 aliphatic rings. The number of hydrogen-bond donors (Lipinski definition) is 0. The second-order valence-corrected chi connectivity index (χ2v) is 3.85. The van der Waals surface area contributed by atoms with E-state index in [1.54, 1.807) is 25.1 Å². The Morgan fingerprint density at radius 3 is 2.59 bits per heavy atom. The SMILES string of the molecule is CCC(=O)CC(=O)c1ccc2c(c1)OCCO2. The Labute approximate surface area is 99.5 Å². The van der Waals surface area contributed by atoms with E-state index in [4.69, 9.17) is 9.47 Å². The Morgan fingerprint density at radius 2 is 1.88 bits per heavy atom. The Morgan fingerprint density at radius 1 is 1.18 bits per heavy atom. The van der Waals surface area contributed by atoms with Crippen LogP contribution in [0.3, 0.4) is 0 Å². The van der Waals surface area contributed by atoms with Crippen LogP contribution in [0.25, 0.3) is 0 Å². The Kier molecular flexibility index (Phi) is 3.42. The number of fused-ring (bicyclic) bond motifs is 1. The van der Waals surface area contributed by atoms with E-state index < -0.39 is 0 Å². The van der Waals surface area contributed by atoms with Gasteiger partial charge in [-0.1, -0.05) is 6.92 Å². The first kappa shape index (κ1) is 11.6. The van der Waals surface area contributed by atoms with Crippen molar-refractivity contribution in [1.29, 1.82) is 0 Å². The van der Waals surface area contributed by atoms with Gasteiger partial charge in [-0.3, -0.25) is 9.59 Å². The van der Waals surface area contributed by atoms with Gasteiger partial charge in [-0.05, 0) is 18.2 Å². The van der Waals surface area contributed by atoms with Crippen molar-refractivity contribution in [2.75, 3.05) is 13.2 Å². The number of ketones is 2. The third-order valence-electron chi connectivity index (χ3n) is 2.62. The predicted molar refractivity (Wildman–Crippen MR) is 61.7 cm³/mol. The summed E-state index contributed by atoms with van der Waals surface area (Å²) in [6.45, 7) is 2.76. The van der Waals surface area contributed by atoms with Gasteiger partial charge in [0.05, 0.1) is 6.42 Å². The minimum atomic E-state index is -0.172. The van der Waals surface area contributed by atoms with Gasteiger partial charge in [-0.25, -0.2) is 0 Å². The van der Waals surface area contributed by atoms with Gasteiger partial charge in [0.25, 0.3) is 0 Å². The van der Waals surface area contributed by atoms with E-state index in [0.29, 0.717) is 36.7 Å². The van der Waals surface area contributed by atoms with E-state index in [0.717, 1.165) is 0 Å². The van der Waals surface area contributed by atoms with Crippen LogP contribution in [0.2, 0.25) is 0 Å². The number of hydrogen-bond acceptors (Lipinski definition) is 4. The molecular formula is C13H14O4. The van der Waals surface area contributed by atoms with Crippen molar-refractivity contribution in [2.24, 2.45) is 0 Å². The average molecular weight is 234 g/mol. The number of benzene rings is 1. The molecule has 17 heavy (non-hydrogen) atoms. The molecule has 0 saturated heterocycles. The summed E-state index contributed by atoms with van der Waals surface area (Å²) in [5, 5.41) is 0. The fourth-order valence-electron chi connectivity index (χ4n) is 1.62. The molecule has 0 fully saturated rings. The van der Waals surface area contributed by atoms with E-state index in [-0.39, 0.29) is 18.0 Å². The van der Waals surface area contributed by atoms with Crippen LogP contribution in [-0.4, -0.2) is 24.8 Å². The average Bonchev–Trinajstić information content (AvgIpc) is 2.38. The molecule has 4 heteroatoms. The molecule has 0 radical (unpaired) electrons. The van der Waals surface area contributed by atoms with Crippen LogP contribution in [0.15, 0.2) is 18.2 Å². The largest absolute Gasteiger partial charge is 0.486 e. The van der Waals surface area contributed by atoms with Crippen molar-refractivity contribution in [3.8, 4) is 11.5 Å². The number of rotatable bonds is 4. The zero-order chi connectivity index (χ0) is 12.3. The van der Waals surface area contributed by atoms with Gasteiger partial charge in [-0.15, -0.1) is 0 Å². The van der Waals surface area contributed by atoms with E-state index in [2.05, 4.69) is 0 Å². The summed E-state index contributed by atoms with van der Waals surface area (Å²) in [6.07, 6.45) is 0.340. The third kappa shape index (κ3) is 2.64. The van der Waals surface area contributed by atoms with Crippen LogP contribution >= 0.6 is 0 Å². The van der Waals surface area contributed by atoms with Gasteiger partial charge >= 0.3 is 0 Å². The van der Waals surface area contributed by atoms with Crippen molar-refractivity contribution < 1.29 is 19.1 Å². The molecule has 0 aromatic heterocycles. The molecule has 0 spiro atoms. The zero-order valence-corrected chi connectivity index (χ0v) is 9.69. The summed E-state index contributed by atoms with van der Waals surface area (Å²) in [5.41, 5.74) is 0.496. The smallest absolute Gasteiger partial charge is 0.170 e. The third-order valence-corrected chi connectivity index (χ3v) is 2.62. The molecule has 0 bridgehead atoms. The van der Waals surface area contributed by atoms with Crippen molar-refractivity contribution in [2.45, 2.75) is 19.8 Å². The van der Waals surface area contributed by atoms with E-state index >= 15 is 0 Å². The van der Waals surface area contributed by atoms with E-state index in [1.807, 2.05) is 0 Å². The molecule has 0 unspecified atom stereocenters. The first-order valence-corrected chi connectivity index (χ1v) is 5.65. The standard InChI is InChI=1S/C13H14O4/c1-2-10(14)8-11(15)9-3-4-12-13(7-9)17-6-5-16-12/h3-4,7H,2,5-6,8H2,1H3. The molecule has 0 aliphatic carbocycles. The lowest BCUT2D eigenvalue weighted by Gasteiger charge is -2.18. The molecule has 0 atom stereocenters. The molecule has 2 rings (SSSR count). The minimum Gasteiger partial charge on any atom is -0.486 e. The topological polar surface area (TPSA) is 52.6 Å². The summed E-state index contributed by atoms with van der Waals surface area (Å²) in [7, 11) is 0. The Bertz CT molecular complexity index is 451. The fourth-order valence-corrected chi connectivity index (χ4v) is 1.62. The van der Waals surface area contributed by atoms with Gasteiger partial charge in [0, 0.05) is 12.0 Å². The maximum atomic E-state index is 11.8. The maximum Gasteiger partial charge on any atom is 0.170 e. The second kappa shape index (κ2) is 4.99. The quantitative estimate of drug-likeness (QED) is 0.590. The van der Waals surface area contributed by atoms with Crippen molar-refractivity contribution in [3.63, 3.8) is 0 Å². The van der Waals surface area contributed by atoms with Crippen molar-refractivity contribution >= 4 is 11.6 Å². The molecule has 90 valence electrons. The van der Waals surface area contributed by atoms with Crippen LogP contribution in [-0.2, 0) is 4.79 Å². The maximum absolute atomic E-state index is 11.8. The summed E-state index contributed by atoms with van der Waals surface area (Å²) in [6, 6.07) is 5.01. The molecule has 4 nitrogen and oxygen atoms in total. The first-order chi connectivity index (χ1) is 8.20. The normalized spacial score (nSPS) is 13.2. The zero-order valence-electron chi connectivity index (χ0n) is 9.69. The first-order valence-electron chi connectivity index (χ1n) is 5.65. The number of carbonyl (C=O) groups excluding carboxylic acids is 2. The van der Waals surface area contributed by atoms with Gasteiger partial charge in [0.1, 0.15) is 19.0 Å².